The number of aryl methyl sites for hydroxylation is 1. The molecule has 0 spiro atoms. The number of alkyl halides is 2. The number of carbonyl (C=O) groups is 2. The van der Waals surface area contributed by atoms with Gasteiger partial charge in [0.05, 0.1) is 5.69 Å². The first-order valence-electron chi connectivity index (χ1n) is 8.36. The van der Waals surface area contributed by atoms with Gasteiger partial charge in [0.15, 0.2) is 5.78 Å². The monoisotopic (exact) mass is 392 g/mol. The summed E-state index contributed by atoms with van der Waals surface area (Å²) in [6, 6.07) is 12.5. The van der Waals surface area contributed by atoms with E-state index in [-0.39, 0.29) is 11.7 Å². The zero-order valence-electron chi connectivity index (χ0n) is 14.9. The summed E-state index contributed by atoms with van der Waals surface area (Å²) in [4.78, 5) is 26.5. The number of hydrogen-bond acceptors (Lipinski definition) is 3. The summed E-state index contributed by atoms with van der Waals surface area (Å²) < 4.78 is 0. The predicted octanol–water partition coefficient (Wildman–Crippen LogP) is 4.73. The summed E-state index contributed by atoms with van der Waals surface area (Å²) >= 11 is 11.8. The van der Waals surface area contributed by atoms with Gasteiger partial charge in [-0.15, -0.1) is 23.2 Å². The Bertz CT molecular complexity index is 787. The van der Waals surface area contributed by atoms with Gasteiger partial charge in [0.25, 0.3) is 5.91 Å². The number of ketones is 1. The third-order valence-electron chi connectivity index (χ3n) is 4.08. The molecule has 138 valence electrons. The highest BCUT2D eigenvalue weighted by molar-refractivity contribution is 6.18. The molecule has 0 aliphatic carbocycles. The van der Waals surface area contributed by atoms with Crippen LogP contribution in [0.4, 0.5) is 11.4 Å². The van der Waals surface area contributed by atoms with E-state index >= 15 is 0 Å². The van der Waals surface area contributed by atoms with Crippen molar-refractivity contribution in [3.63, 3.8) is 0 Å². The number of nitrogens with one attached hydrogen (secondary N) is 1. The molecule has 0 aromatic heterocycles. The van der Waals surface area contributed by atoms with Gasteiger partial charge in [-0.2, -0.15) is 0 Å². The van der Waals surface area contributed by atoms with Gasteiger partial charge in [0.1, 0.15) is 0 Å². The zero-order valence-corrected chi connectivity index (χ0v) is 16.4. The third-order valence-corrected chi connectivity index (χ3v) is 4.41. The summed E-state index contributed by atoms with van der Waals surface area (Å²) in [6.45, 7) is 4.75. The van der Waals surface area contributed by atoms with E-state index in [0.717, 1.165) is 11.3 Å². The van der Waals surface area contributed by atoms with E-state index in [1.807, 2.05) is 19.1 Å². The summed E-state index contributed by atoms with van der Waals surface area (Å²) in [5.41, 5.74) is 3.47. The first-order chi connectivity index (χ1) is 12.5. The van der Waals surface area contributed by atoms with Crippen LogP contribution in [-0.4, -0.2) is 36.5 Å². The van der Waals surface area contributed by atoms with Crippen LogP contribution in [0.1, 0.15) is 33.2 Å². The number of anilines is 2. The fourth-order valence-electron chi connectivity index (χ4n) is 2.74. The molecule has 0 bridgehead atoms. The van der Waals surface area contributed by atoms with Crippen molar-refractivity contribution in [3.8, 4) is 0 Å². The van der Waals surface area contributed by atoms with Crippen LogP contribution in [0.15, 0.2) is 42.5 Å². The highest BCUT2D eigenvalue weighted by atomic mass is 35.5. The molecule has 0 saturated carbocycles. The second-order valence-electron chi connectivity index (χ2n) is 5.92. The van der Waals surface area contributed by atoms with Gasteiger partial charge in [0, 0.05) is 41.7 Å². The number of nitrogens with zero attached hydrogens (tertiary/aromatic N) is 1. The van der Waals surface area contributed by atoms with Crippen LogP contribution in [0, 0.1) is 6.92 Å². The summed E-state index contributed by atoms with van der Waals surface area (Å²) in [6.07, 6.45) is 0. The first-order valence-corrected chi connectivity index (χ1v) is 9.43. The fraction of sp³-hybridized carbons (Fsp3) is 0.300. The third kappa shape index (κ3) is 4.99. The van der Waals surface area contributed by atoms with E-state index in [1.54, 1.807) is 30.3 Å². The normalized spacial score (nSPS) is 10.5. The maximum Gasteiger partial charge on any atom is 0.255 e. The van der Waals surface area contributed by atoms with Crippen molar-refractivity contribution in [3.05, 3.63) is 59.2 Å². The van der Waals surface area contributed by atoms with Crippen LogP contribution in [0.5, 0.6) is 0 Å². The molecule has 1 amide bonds. The highest BCUT2D eigenvalue weighted by Gasteiger charge is 2.15. The van der Waals surface area contributed by atoms with Crippen molar-refractivity contribution in [1.82, 2.24) is 0 Å². The number of hydrogen-bond donors (Lipinski definition) is 1. The van der Waals surface area contributed by atoms with Crippen molar-refractivity contribution in [2.24, 2.45) is 0 Å². The largest absolute Gasteiger partial charge is 0.369 e. The van der Waals surface area contributed by atoms with Crippen molar-refractivity contribution in [2.45, 2.75) is 13.8 Å². The van der Waals surface area contributed by atoms with E-state index in [0.29, 0.717) is 41.7 Å². The van der Waals surface area contributed by atoms with Crippen molar-refractivity contribution < 1.29 is 9.59 Å². The van der Waals surface area contributed by atoms with Crippen LogP contribution >= 0.6 is 23.2 Å². The Kier molecular flexibility index (Phi) is 7.49. The molecule has 2 aromatic carbocycles. The van der Waals surface area contributed by atoms with Gasteiger partial charge < -0.3 is 10.2 Å². The smallest absolute Gasteiger partial charge is 0.255 e. The molecule has 0 saturated heterocycles. The molecular formula is C20H22Cl2N2O2. The van der Waals surface area contributed by atoms with Gasteiger partial charge in [-0.3, -0.25) is 9.59 Å². The minimum atomic E-state index is -0.267. The van der Waals surface area contributed by atoms with Crippen LogP contribution in [0.25, 0.3) is 0 Å². The maximum atomic E-state index is 12.7. The molecule has 0 heterocycles. The van der Waals surface area contributed by atoms with E-state index in [9.17, 15) is 9.59 Å². The number of amides is 1. The minimum absolute atomic E-state index is 0.0964. The molecule has 1 N–H and O–H groups in total. The van der Waals surface area contributed by atoms with Crippen LogP contribution in [0.2, 0.25) is 0 Å². The zero-order chi connectivity index (χ0) is 19.1. The molecule has 0 aliphatic heterocycles. The van der Waals surface area contributed by atoms with Crippen molar-refractivity contribution in [1.29, 1.82) is 0 Å². The van der Waals surface area contributed by atoms with Gasteiger partial charge in [0.2, 0.25) is 0 Å². The lowest BCUT2D eigenvalue weighted by atomic mass is 10.1. The first kappa shape index (κ1) is 20.3. The average molecular weight is 393 g/mol. The molecule has 0 atom stereocenters. The topological polar surface area (TPSA) is 49.4 Å². The molecule has 2 rings (SSSR count). The van der Waals surface area contributed by atoms with Crippen LogP contribution in [0.3, 0.4) is 0 Å². The number of benzene rings is 2. The average Bonchev–Trinajstić information content (AvgIpc) is 2.62. The minimum Gasteiger partial charge on any atom is -0.369 e. The SMILES string of the molecule is CC(=O)c1ccccc1NC(=O)c1ccc(C)c(N(CCCl)CCCl)c1. The molecule has 0 radical (unpaired) electrons. The van der Waals surface area contributed by atoms with Gasteiger partial charge in [-0.05, 0) is 43.7 Å². The summed E-state index contributed by atoms with van der Waals surface area (Å²) in [5, 5.41) is 2.83. The molecule has 6 heteroatoms. The van der Waals surface area contributed by atoms with E-state index < -0.39 is 0 Å². The lowest BCUT2D eigenvalue weighted by Crippen LogP contribution is -2.28. The standard InChI is InChI=1S/C20H22Cl2N2O2/c1-14-7-8-16(13-19(14)24(11-9-21)12-10-22)20(26)23-18-6-4-3-5-17(18)15(2)25/h3-8,13H,9-12H2,1-2H3,(H,23,26). The number of para-hydroxylation sites is 1. The van der Waals surface area contributed by atoms with E-state index in [1.165, 1.54) is 6.92 Å². The Balaban J connectivity index is 2.30. The molecule has 0 unspecified atom stereocenters. The molecule has 0 fully saturated rings. The second kappa shape index (κ2) is 9.60. The lowest BCUT2D eigenvalue weighted by molar-refractivity contribution is 0.101. The van der Waals surface area contributed by atoms with Crippen molar-refractivity contribution >= 4 is 46.3 Å². The Morgan fingerprint density at radius 1 is 1.04 bits per heavy atom. The van der Waals surface area contributed by atoms with Gasteiger partial charge >= 0.3 is 0 Å². The fourth-order valence-corrected chi connectivity index (χ4v) is 3.15. The van der Waals surface area contributed by atoms with Crippen LogP contribution in [-0.2, 0) is 0 Å². The second-order valence-corrected chi connectivity index (χ2v) is 6.68. The predicted molar refractivity (Wildman–Crippen MR) is 109 cm³/mol. The highest BCUT2D eigenvalue weighted by Crippen LogP contribution is 2.23. The van der Waals surface area contributed by atoms with Crippen LogP contribution < -0.4 is 10.2 Å². The maximum absolute atomic E-state index is 12.7. The molecule has 2 aromatic rings. The Hall–Kier alpha value is -2.04. The van der Waals surface area contributed by atoms with Gasteiger partial charge in [-0.1, -0.05) is 18.2 Å². The lowest BCUT2D eigenvalue weighted by Gasteiger charge is -2.25. The summed E-state index contributed by atoms with van der Waals surface area (Å²) in [7, 11) is 0. The Morgan fingerprint density at radius 3 is 2.31 bits per heavy atom. The summed E-state index contributed by atoms with van der Waals surface area (Å²) in [5.74, 6) is 0.579. The number of rotatable bonds is 8. The van der Waals surface area contributed by atoms with Crippen molar-refractivity contribution in [2.75, 3.05) is 35.1 Å². The van der Waals surface area contributed by atoms with Gasteiger partial charge in [-0.25, -0.2) is 0 Å². The number of halogens is 2. The molecule has 4 nitrogen and oxygen atoms in total. The quantitative estimate of drug-likeness (QED) is 0.521. The molecule has 0 aliphatic rings. The molecule has 26 heavy (non-hydrogen) atoms. The number of Topliss-reactive ketones (excluding diaryl/α,β-unsaturated/α-hetero) is 1. The Morgan fingerprint density at radius 2 is 1.69 bits per heavy atom. The number of carbonyl (C=O) groups excluding carboxylic acids is 2. The molecular weight excluding hydrogens is 371 g/mol. The van der Waals surface area contributed by atoms with E-state index in [2.05, 4.69) is 10.2 Å². The Labute approximate surface area is 164 Å². The van der Waals surface area contributed by atoms with E-state index in [4.69, 9.17) is 23.2 Å².